The molecule has 0 saturated carbocycles. The first-order valence-corrected chi connectivity index (χ1v) is 5.78. The van der Waals surface area contributed by atoms with E-state index in [9.17, 15) is 9.18 Å². The molecule has 0 saturated heterocycles. The second-order valence-electron chi connectivity index (χ2n) is 4.10. The van der Waals surface area contributed by atoms with Crippen LogP contribution < -0.4 is 10.1 Å². The van der Waals surface area contributed by atoms with Gasteiger partial charge in [0.2, 0.25) is 5.91 Å². The van der Waals surface area contributed by atoms with Crippen molar-refractivity contribution in [3.8, 4) is 5.75 Å². The molecule has 0 heterocycles. The van der Waals surface area contributed by atoms with Gasteiger partial charge in [-0.3, -0.25) is 4.79 Å². The number of amides is 1. The number of hydrogen-bond donors (Lipinski definition) is 1. The quantitative estimate of drug-likeness (QED) is 0.850. The normalized spacial score (nSPS) is 10.5. The molecule has 1 amide bonds. The van der Waals surface area contributed by atoms with Crippen molar-refractivity contribution in [2.24, 2.45) is 0 Å². The maximum atomic E-state index is 13.2. The third-order valence-corrected chi connectivity index (χ3v) is 2.11. The van der Waals surface area contributed by atoms with Crippen molar-refractivity contribution in [1.82, 2.24) is 0 Å². The second-order valence-corrected chi connectivity index (χ2v) is 4.10. The zero-order valence-electron chi connectivity index (χ0n) is 10.8. The molecule has 1 aromatic rings. The summed E-state index contributed by atoms with van der Waals surface area (Å²) < 4.78 is 23.5. The summed E-state index contributed by atoms with van der Waals surface area (Å²) in [4.78, 5) is 11.6. The van der Waals surface area contributed by atoms with Crippen molar-refractivity contribution in [3.63, 3.8) is 0 Å². The molecule has 0 unspecified atom stereocenters. The fourth-order valence-corrected chi connectivity index (χ4v) is 1.36. The third-order valence-electron chi connectivity index (χ3n) is 2.11. The predicted molar refractivity (Wildman–Crippen MR) is 67.3 cm³/mol. The Balaban J connectivity index is 2.78. The smallest absolute Gasteiger partial charge is 0.226 e. The van der Waals surface area contributed by atoms with E-state index in [1.54, 1.807) is 0 Å². The number of hydrogen-bond acceptors (Lipinski definition) is 3. The summed E-state index contributed by atoms with van der Waals surface area (Å²) in [6.45, 7) is 4.04. The molecular formula is C13H18FNO3. The Hall–Kier alpha value is -1.62. The zero-order chi connectivity index (χ0) is 13.5. The van der Waals surface area contributed by atoms with E-state index in [0.717, 1.165) is 0 Å². The number of rotatable bonds is 6. The fraction of sp³-hybridized carbons (Fsp3) is 0.462. The molecule has 0 aliphatic rings. The van der Waals surface area contributed by atoms with Crippen LogP contribution in [0.15, 0.2) is 18.2 Å². The maximum Gasteiger partial charge on any atom is 0.226 e. The fourth-order valence-electron chi connectivity index (χ4n) is 1.36. The van der Waals surface area contributed by atoms with Crippen molar-refractivity contribution in [2.75, 3.05) is 19.0 Å². The van der Waals surface area contributed by atoms with E-state index in [0.29, 0.717) is 18.0 Å². The van der Waals surface area contributed by atoms with Crippen LogP contribution in [0.25, 0.3) is 0 Å². The van der Waals surface area contributed by atoms with Crippen molar-refractivity contribution in [2.45, 2.75) is 26.4 Å². The van der Waals surface area contributed by atoms with E-state index < -0.39 is 5.82 Å². The Bertz CT molecular complexity index is 407. The molecule has 5 heteroatoms. The number of ether oxygens (including phenoxy) is 2. The molecule has 0 fully saturated rings. The van der Waals surface area contributed by atoms with E-state index in [1.165, 1.54) is 25.3 Å². The molecule has 1 rings (SSSR count). The molecular weight excluding hydrogens is 237 g/mol. The van der Waals surface area contributed by atoms with E-state index in [4.69, 9.17) is 9.47 Å². The van der Waals surface area contributed by atoms with Gasteiger partial charge in [-0.25, -0.2) is 4.39 Å². The van der Waals surface area contributed by atoms with Gasteiger partial charge in [-0.15, -0.1) is 0 Å². The highest BCUT2D eigenvalue weighted by Gasteiger charge is 2.10. The SMILES string of the molecule is COCCC(=O)Nc1cc(F)ccc1OC(C)C. The van der Waals surface area contributed by atoms with Gasteiger partial charge < -0.3 is 14.8 Å². The lowest BCUT2D eigenvalue weighted by Crippen LogP contribution is -2.15. The summed E-state index contributed by atoms with van der Waals surface area (Å²) in [5, 5.41) is 2.61. The van der Waals surface area contributed by atoms with Crippen LogP contribution >= 0.6 is 0 Å². The summed E-state index contributed by atoms with van der Waals surface area (Å²) in [5.41, 5.74) is 0.338. The van der Waals surface area contributed by atoms with Crippen molar-refractivity contribution >= 4 is 11.6 Å². The van der Waals surface area contributed by atoms with Crippen LogP contribution in [-0.2, 0) is 9.53 Å². The molecule has 0 spiro atoms. The van der Waals surface area contributed by atoms with E-state index in [2.05, 4.69) is 5.32 Å². The summed E-state index contributed by atoms with van der Waals surface area (Å²) in [6.07, 6.45) is 0.166. The lowest BCUT2D eigenvalue weighted by molar-refractivity contribution is -0.117. The molecule has 0 aromatic heterocycles. The highest BCUT2D eigenvalue weighted by molar-refractivity contribution is 5.92. The van der Waals surface area contributed by atoms with Crippen LogP contribution in [-0.4, -0.2) is 25.7 Å². The molecule has 0 aliphatic heterocycles. The van der Waals surface area contributed by atoms with Crippen LogP contribution in [0.5, 0.6) is 5.75 Å². The standard InChI is InChI=1S/C13H18FNO3/c1-9(2)18-12-5-4-10(14)8-11(12)15-13(16)6-7-17-3/h4-5,8-9H,6-7H2,1-3H3,(H,15,16). The molecule has 0 bridgehead atoms. The molecule has 18 heavy (non-hydrogen) atoms. The van der Waals surface area contributed by atoms with Gasteiger partial charge in [0.25, 0.3) is 0 Å². The lowest BCUT2D eigenvalue weighted by Gasteiger charge is -2.15. The summed E-state index contributed by atoms with van der Waals surface area (Å²) in [7, 11) is 1.52. The number of anilines is 1. The number of carbonyl (C=O) groups is 1. The van der Waals surface area contributed by atoms with Crippen molar-refractivity contribution < 1.29 is 18.7 Å². The number of halogens is 1. The Morgan fingerprint density at radius 3 is 2.78 bits per heavy atom. The first-order chi connectivity index (χ1) is 8.52. The third kappa shape index (κ3) is 4.71. The van der Waals surface area contributed by atoms with Gasteiger partial charge >= 0.3 is 0 Å². The summed E-state index contributed by atoms with van der Waals surface area (Å²) >= 11 is 0. The van der Waals surface area contributed by atoms with Crippen LogP contribution in [0.4, 0.5) is 10.1 Å². The Labute approximate surface area is 106 Å². The molecule has 1 aromatic carbocycles. The second kappa shape index (κ2) is 6.96. The van der Waals surface area contributed by atoms with Crippen LogP contribution in [0.1, 0.15) is 20.3 Å². The first-order valence-electron chi connectivity index (χ1n) is 5.78. The molecule has 4 nitrogen and oxygen atoms in total. The van der Waals surface area contributed by atoms with E-state index in [-0.39, 0.29) is 18.4 Å². The van der Waals surface area contributed by atoms with Gasteiger partial charge in [0.15, 0.2) is 0 Å². The lowest BCUT2D eigenvalue weighted by atomic mass is 10.2. The van der Waals surface area contributed by atoms with Gasteiger partial charge in [-0.2, -0.15) is 0 Å². The summed E-state index contributed by atoms with van der Waals surface area (Å²) in [6, 6.07) is 4.03. The van der Waals surface area contributed by atoms with Gasteiger partial charge in [0, 0.05) is 13.2 Å². The minimum Gasteiger partial charge on any atom is -0.489 e. The Morgan fingerprint density at radius 1 is 1.44 bits per heavy atom. The number of benzene rings is 1. The molecule has 0 aliphatic carbocycles. The zero-order valence-corrected chi connectivity index (χ0v) is 10.8. The van der Waals surface area contributed by atoms with Crippen LogP contribution in [0, 0.1) is 5.82 Å². The molecule has 1 N–H and O–H groups in total. The van der Waals surface area contributed by atoms with Gasteiger partial charge in [0.1, 0.15) is 11.6 Å². The van der Waals surface area contributed by atoms with E-state index >= 15 is 0 Å². The minimum atomic E-state index is -0.423. The molecule has 0 atom stereocenters. The van der Waals surface area contributed by atoms with Gasteiger partial charge in [0.05, 0.1) is 24.8 Å². The monoisotopic (exact) mass is 255 g/mol. The predicted octanol–water partition coefficient (Wildman–Crippen LogP) is 2.59. The minimum absolute atomic E-state index is 0.0508. The van der Waals surface area contributed by atoms with Gasteiger partial charge in [-0.05, 0) is 26.0 Å². The highest BCUT2D eigenvalue weighted by Crippen LogP contribution is 2.26. The number of carbonyl (C=O) groups excluding carboxylic acids is 1. The van der Waals surface area contributed by atoms with Gasteiger partial charge in [-0.1, -0.05) is 0 Å². The summed E-state index contributed by atoms with van der Waals surface area (Å²) in [5.74, 6) is -0.207. The maximum absolute atomic E-state index is 13.2. The van der Waals surface area contributed by atoms with Crippen molar-refractivity contribution in [1.29, 1.82) is 0 Å². The molecule has 100 valence electrons. The molecule has 0 radical (unpaired) electrons. The average molecular weight is 255 g/mol. The Kier molecular flexibility index (Phi) is 5.58. The Morgan fingerprint density at radius 2 is 2.17 bits per heavy atom. The number of nitrogens with one attached hydrogen (secondary N) is 1. The number of methoxy groups -OCH3 is 1. The van der Waals surface area contributed by atoms with Crippen LogP contribution in [0.3, 0.4) is 0 Å². The largest absolute Gasteiger partial charge is 0.489 e. The van der Waals surface area contributed by atoms with Crippen molar-refractivity contribution in [3.05, 3.63) is 24.0 Å². The van der Waals surface area contributed by atoms with E-state index in [1.807, 2.05) is 13.8 Å². The van der Waals surface area contributed by atoms with Crippen LogP contribution in [0.2, 0.25) is 0 Å². The topological polar surface area (TPSA) is 47.6 Å². The average Bonchev–Trinajstić information content (AvgIpc) is 2.29. The highest BCUT2D eigenvalue weighted by atomic mass is 19.1. The first kappa shape index (κ1) is 14.4.